The Balaban J connectivity index is 2.43. The highest BCUT2D eigenvalue weighted by atomic mass is 16.5. The van der Waals surface area contributed by atoms with Crippen molar-refractivity contribution in [1.29, 1.82) is 0 Å². The van der Waals surface area contributed by atoms with Crippen molar-refractivity contribution in [3.63, 3.8) is 0 Å². The van der Waals surface area contributed by atoms with E-state index in [0.717, 1.165) is 11.3 Å². The van der Waals surface area contributed by atoms with E-state index < -0.39 is 0 Å². The van der Waals surface area contributed by atoms with Crippen molar-refractivity contribution in [2.24, 2.45) is 5.73 Å². The predicted molar refractivity (Wildman–Crippen MR) is 70.3 cm³/mol. The zero-order valence-corrected chi connectivity index (χ0v) is 10.6. The van der Waals surface area contributed by atoms with Gasteiger partial charge in [0, 0.05) is 25.8 Å². The maximum absolute atomic E-state index is 11.4. The number of amides is 1. The van der Waals surface area contributed by atoms with E-state index in [9.17, 15) is 4.79 Å². The number of carbonyl (C=O) groups excluding carboxylic acids is 1. The van der Waals surface area contributed by atoms with E-state index in [1.54, 1.807) is 7.11 Å². The average molecular weight is 252 g/mol. The van der Waals surface area contributed by atoms with E-state index >= 15 is 0 Å². The van der Waals surface area contributed by atoms with Crippen LogP contribution in [-0.4, -0.2) is 32.8 Å². The Kier molecular flexibility index (Phi) is 7.01. The van der Waals surface area contributed by atoms with Crippen LogP contribution >= 0.6 is 0 Å². The first-order chi connectivity index (χ1) is 8.76. The zero-order chi connectivity index (χ0) is 13.2. The number of methoxy groups -OCH3 is 1. The molecule has 0 heterocycles. The highest BCUT2D eigenvalue weighted by molar-refractivity contribution is 5.90. The van der Waals surface area contributed by atoms with Crippen LogP contribution in [0.5, 0.6) is 0 Å². The Morgan fingerprint density at radius 1 is 1.39 bits per heavy atom. The number of anilines is 1. The van der Waals surface area contributed by atoms with Crippen molar-refractivity contribution in [3.05, 3.63) is 29.8 Å². The van der Waals surface area contributed by atoms with Gasteiger partial charge in [0.1, 0.15) is 0 Å². The van der Waals surface area contributed by atoms with Gasteiger partial charge in [-0.3, -0.25) is 4.79 Å². The maximum atomic E-state index is 11.4. The highest BCUT2D eigenvalue weighted by Crippen LogP contribution is 2.11. The molecule has 1 aromatic rings. The molecule has 0 aliphatic rings. The van der Waals surface area contributed by atoms with E-state index in [1.165, 1.54) is 0 Å². The fourth-order valence-electron chi connectivity index (χ4n) is 1.43. The van der Waals surface area contributed by atoms with Crippen LogP contribution in [0, 0.1) is 0 Å². The van der Waals surface area contributed by atoms with Gasteiger partial charge in [0.2, 0.25) is 5.91 Å². The van der Waals surface area contributed by atoms with Crippen LogP contribution in [0.1, 0.15) is 12.0 Å². The van der Waals surface area contributed by atoms with Gasteiger partial charge in [-0.05, 0) is 17.7 Å². The standard InChI is InChI=1S/C13H20N2O3/c1-17-7-8-18-10-11-3-2-4-12(9-11)15-13(16)5-6-14/h2-4,9H,5-8,10,14H2,1H3,(H,15,16). The topological polar surface area (TPSA) is 73.6 Å². The Labute approximate surface area is 107 Å². The second kappa shape index (κ2) is 8.63. The largest absolute Gasteiger partial charge is 0.382 e. The molecule has 0 aliphatic heterocycles. The van der Waals surface area contributed by atoms with E-state index in [-0.39, 0.29) is 5.91 Å². The van der Waals surface area contributed by atoms with Gasteiger partial charge < -0.3 is 20.5 Å². The zero-order valence-electron chi connectivity index (χ0n) is 10.6. The molecule has 18 heavy (non-hydrogen) atoms. The van der Waals surface area contributed by atoms with Crippen LogP contribution in [0.4, 0.5) is 5.69 Å². The second-order valence-electron chi connectivity index (χ2n) is 3.83. The van der Waals surface area contributed by atoms with E-state index in [4.69, 9.17) is 15.2 Å². The first-order valence-electron chi connectivity index (χ1n) is 5.92. The quantitative estimate of drug-likeness (QED) is 0.680. The van der Waals surface area contributed by atoms with Gasteiger partial charge in [0.25, 0.3) is 0 Å². The van der Waals surface area contributed by atoms with Gasteiger partial charge >= 0.3 is 0 Å². The third-order valence-corrected chi connectivity index (χ3v) is 2.28. The first kappa shape index (κ1) is 14.6. The minimum absolute atomic E-state index is 0.0741. The number of nitrogens with two attached hydrogens (primary N) is 1. The number of rotatable bonds is 8. The highest BCUT2D eigenvalue weighted by Gasteiger charge is 2.01. The summed E-state index contributed by atoms with van der Waals surface area (Å²) in [6.45, 7) is 1.99. The van der Waals surface area contributed by atoms with E-state index in [2.05, 4.69) is 5.32 Å². The Morgan fingerprint density at radius 3 is 2.94 bits per heavy atom. The molecule has 0 aromatic heterocycles. The summed E-state index contributed by atoms with van der Waals surface area (Å²) in [6, 6.07) is 7.56. The summed E-state index contributed by atoms with van der Waals surface area (Å²) in [4.78, 5) is 11.4. The van der Waals surface area contributed by atoms with Crippen molar-refractivity contribution in [2.45, 2.75) is 13.0 Å². The molecule has 0 radical (unpaired) electrons. The fraction of sp³-hybridized carbons (Fsp3) is 0.462. The molecule has 5 heteroatoms. The molecule has 3 N–H and O–H groups in total. The molecule has 1 aromatic carbocycles. The normalized spacial score (nSPS) is 10.3. The van der Waals surface area contributed by atoms with Crippen LogP contribution < -0.4 is 11.1 Å². The number of nitrogens with one attached hydrogen (secondary N) is 1. The van der Waals surface area contributed by atoms with Crippen molar-refractivity contribution in [3.8, 4) is 0 Å². The molecule has 100 valence electrons. The number of ether oxygens (including phenoxy) is 2. The molecule has 0 bridgehead atoms. The van der Waals surface area contributed by atoms with Gasteiger partial charge in [0.15, 0.2) is 0 Å². The van der Waals surface area contributed by atoms with Crippen molar-refractivity contribution in [1.82, 2.24) is 0 Å². The third-order valence-electron chi connectivity index (χ3n) is 2.28. The van der Waals surface area contributed by atoms with Crippen LogP contribution in [0.3, 0.4) is 0 Å². The minimum atomic E-state index is -0.0741. The molecule has 0 saturated carbocycles. The molecule has 0 atom stereocenters. The molecule has 0 saturated heterocycles. The fourth-order valence-corrected chi connectivity index (χ4v) is 1.43. The lowest BCUT2D eigenvalue weighted by atomic mass is 10.2. The summed E-state index contributed by atoms with van der Waals surface area (Å²) in [5, 5.41) is 2.79. The van der Waals surface area contributed by atoms with Gasteiger partial charge in [-0.25, -0.2) is 0 Å². The Bertz CT molecular complexity index is 369. The molecule has 0 fully saturated rings. The first-order valence-corrected chi connectivity index (χ1v) is 5.92. The van der Waals surface area contributed by atoms with E-state index in [1.807, 2.05) is 24.3 Å². The van der Waals surface area contributed by atoms with Gasteiger partial charge in [-0.2, -0.15) is 0 Å². The second-order valence-corrected chi connectivity index (χ2v) is 3.83. The predicted octanol–water partition coefficient (Wildman–Crippen LogP) is 1.14. The van der Waals surface area contributed by atoms with Crippen molar-refractivity contribution in [2.75, 3.05) is 32.2 Å². The average Bonchev–Trinajstić information content (AvgIpc) is 2.35. The third kappa shape index (κ3) is 5.77. The lowest BCUT2D eigenvalue weighted by molar-refractivity contribution is -0.116. The SMILES string of the molecule is COCCOCc1cccc(NC(=O)CCN)c1. The van der Waals surface area contributed by atoms with Crippen LogP contribution in [-0.2, 0) is 20.9 Å². The van der Waals surface area contributed by atoms with Crippen LogP contribution in [0.2, 0.25) is 0 Å². The monoisotopic (exact) mass is 252 g/mol. The lowest BCUT2D eigenvalue weighted by Crippen LogP contribution is -2.16. The summed E-state index contributed by atoms with van der Waals surface area (Å²) in [7, 11) is 1.64. The van der Waals surface area contributed by atoms with Crippen molar-refractivity contribution < 1.29 is 14.3 Å². The molecule has 1 amide bonds. The van der Waals surface area contributed by atoms with Gasteiger partial charge in [-0.15, -0.1) is 0 Å². The molecule has 0 spiro atoms. The number of carbonyl (C=O) groups is 1. The Hall–Kier alpha value is -1.43. The van der Waals surface area contributed by atoms with Crippen molar-refractivity contribution >= 4 is 11.6 Å². The molecular weight excluding hydrogens is 232 g/mol. The summed E-state index contributed by atoms with van der Waals surface area (Å²) in [5.74, 6) is -0.0741. The van der Waals surface area contributed by atoms with Crippen LogP contribution in [0.15, 0.2) is 24.3 Å². The summed E-state index contributed by atoms with van der Waals surface area (Å²) in [6.07, 6.45) is 0.328. The molecule has 0 unspecified atom stereocenters. The van der Waals surface area contributed by atoms with Gasteiger partial charge in [0.05, 0.1) is 19.8 Å². The maximum Gasteiger partial charge on any atom is 0.225 e. The number of benzene rings is 1. The molecule has 0 aliphatic carbocycles. The van der Waals surface area contributed by atoms with Gasteiger partial charge in [-0.1, -0.05) is 12.1 Å². The minimum Gasteiger partial charge on any atom is -0.382 e. The van der Waals surface area contributed by atoms with Crippen LogP contribution in [0.25, 0.3) is 0 Å². The summed E-state index contributed by atoms with van der Waals surface area (Å²) in [5.41, 5.74) is 7.09. The lowest BCUT2D eigenvalue weighted by Gasteiger charge is -2.07. The smallest absolute Gasteiger partial charge is 0.225 e. The number of hydrogen-bond donors (Lipinski definition) is 2. The van der Waals surface area contributed by atoms with E-state index in [0.29, 0.717) is 32.8 Å². The number of hydrogen-bond acceptors (Lipinski definition) is 4. The summed E-state index contributed by atoms with van der Waals surface area (Å²) >= 11 is 0. The Morgan fingerprint density at radius 2 is 2.22 bits per heavy atom. The molecule has 1 rings (SSSR count). The molecular formula is C13H20N2O3. The summed E-state index contributed by atoms with van der Waals surface area (Å²) < 4.78 is 10.3. The molecule has 5 nitrogen and oxygen atoms in total.